The van der Waals surface area contributed by atoms with E-state index in [1.54, 1.807) is 7.11 Å². The molecule has 0 fully saturated rings. The van der Waals surface area contributed by atoms with Crippen LogP contribution in [0.15, 0.2) is 53.9 Å². The lowest BCUT2D eigenvalue weighted by Gasteiger charge is -2.24. The molecule has 8 heteroatoms. The maximum atomic E-state index is 9.73. The van der Waals surface area contributed by atoms with Crippen LogP contribution in [-0.2, 0) is 6.61 Å². The summed E-state index contributed by atoms with van der Waals surface area (Å²) in [6.45, 7) is 2.21. The van der Waals surface area contributed by atoms with Crippen LogP contribution in [-0.4, -0.2) is 17.3 Å². The molecule has 1 aromatic heterocycles. The van der Waals surface area contributed by atoms with Gasteiger partial charge in [-0.2, -0.15) is 5.26 Å². The fourth-order valence-corrected chi connectivity index (χ4v) is 3.59. The Morgan fingerprint density at radius 3 is 2.70 bits per heavy atom. The number of nitrogens with zero attached hydrogens (tertiary/aromatic N) is 2. The zero-order chi connectivity index (χ0) is 21.3. The van der Waals surface area contributed by atoms with Crippen LogP contribution in [0.25, 0.3) is 0 Å². The molecule has 0 radical (unpaired) electrons. The lowest BCUT2D eigenvalue weighted by molar-refractivity contribution is 0.284. The van der Waals surface area contributed by atoms with Gasteiger partial charge in [-0.05, 0) is 42.3 Å². The zero-order valence-corrected chi connectivity index (χ0v) is 17.2. The van der Waals surface area contributed by atoms with Gasteiger partial charge < -0.3 is 19.9 Å². The molecule has 2 heterocycles. The largest absolute Gasteiger partial charge is 0.493 e. The second kappa shape index (κ2) is 8.01. The molecule has 1 aliphatic heterocycles. The summed E-state index contributed by atoms with van der Waals surface area (Å²) in [5.74, 6) is 1.12. The van der Waals surface area contributed by atoms with Crippen molar-refractivity contribution in [2.45, 2.75) is 19.4 Å². The Labute approximate surface area is 178 Å². The monoisotopic (exact) mass is 422 g/mol. The first-order chi connectivity index (χ1) is 14.5. The van der Waals surface area contributed by atoms with Crippen molar-refractivity contribution >= 4 is 11.6 Å². The van der Waals surface area contributed by atoms with E-state index in [1.165, 1.54) is 0 Å². The summed E-state index contributed by atoms with van der Waals surface area (Å²) >= 11 is 5.95. The quantitative estimate of drug-likeness (QED) is 0.638. The van der Waals surface area contributed by atoms with Gasteiger partial charge in [0, 0.05) is 16.3 Å². The minimum atomic E-state index is -0.429. The highest BCUT2D eigenvalue weighted by Gasteiger charge is 2.34. The molecule has 152 valence electrons. The smallest absolute Gasteiger partial charge is 0.244 e. The first-order valence-corrected chi connectivity index (χ1v) is 9.57. The molecule has 0 saturated heterocycles. The highest BCUT2D eigenvalue weighted by atomic mass is 35.5. The lowest BCUT2D eigenvalue weighted by atomic mass is 9.84. The van der Waals surface area contributed by atoms with Crippen LogP contribution in [0.1, 0.15) is 28.3 Å². The molecule has 3 aromatic rings. The van der Waals surface area contributed by atoms with Crippen LogP contribution in [0.4, 0.5) is 0 Å². The maximum absolute atomic E-state index is 9.73. The Morgan fingerprint density at radius 2 is 2.00 bits per heavy atom. The Kier molecular flexibility index (Phi) is 5.25. The molecule has 0 amide bonds. The van der Waals surface area contributed by atoms with E-state index in [0.717, 1.165) is 22.4 Å². The van der Waals surface area contributed by atoms with Crippen LogP contribution in [0.2, 0.25) is 5.02 Å². The first kappa shape index (κ1) is 19.7. The lowest BCUT2D eigenvalue weighted by Crippen LogP contribution is -2.21. The minimum absolute atomic E-state index is 0.0425. The number of rotatable bonds is 5. The van der Waals surface area contributed by atoms with Gasteiger partial charge in [-0.3, -0.25) is 5.10 Å². The van der Waals surface area contributed by atoms with E-state index < -0.39 is 5.92 Å². The number of ether oxygens (including phenoxy) is 3. The molecule has 4 rings (SSSR count). The molecule has 7 nitrogen and oxygen atoms in total. The van der Waals surface area contributed by atoms with Crippen molar-refractivity contribution in [3.05, 3.63) is 81.3 Å². The summed E-state index contributed by atoms with van der Waals surface area (Å²) in [6.07, 6.45) is 0. The van der Waals surface area contributed by atoms with Crippen LogP contribution >= 0.6 is 11.6 Å². The molecule has 0 saturated carbocycles. The Morgan fingerprint density at radius 1 is 1.23 bits per heavy atom. The summed E-state index contributed by atoms with van der Waals surface area (Å²) < 4.78 is 17.0. The Hall–Kier alpha value is -3.63. The van der Waals surface area contributed by atoms with Gasteiger partial charge in [-0.1, -0.05) is 29.8 Å². The number of methoxy groups -OCH3 is 1. The maximum Gasteiger partial charge on any atom is 0.244 e. The zero-order valence-electron chi connectivity index (χ0n) is 16.4. The number of aromatic nitrogens is 2. The van der Waals surface area contributed by atoms with Crippen LogP contribution in [0.3, 0.4) is 0 Å². The second-order valence-electron chi connectivity index (χ2n) is 6.82. The van der Waals surface area contributed by atoms with E-state index in [1.807, 2.05) is 49.4 Å². The van der Waals surface area contributed by atoms with Crippen molar-refractivity contribution in [1.29, 1.82) is 5.26 Å². The van der Waals surface area contributed by atoms with Crippen molar-refractivity contribution in [2.75, 3.05) is 7.11 Å². The predicted octanol–water partition coefficient (Wildman–Crippen LogP) is 4.18. The number of hydrogen-bond donors (Lipinski definition) is 2. The van der Waals surface area contributed by atoms with E-state index in [9.17, 15) is 5.26 Å². The Balaban J connectivity index is 1.72. The average molecular weight is 423 g/mol. The molecule has 1 atom stereocenters. The van der Waals surface area contributed by atoms with Gasteiger partial charge >= 0.3 is 0 Å². The Bertz CT molecular complexity index is 1160. The number of fused-ring (bicyclic) bond motifs is 1. The van der Waals surface area contributed by atoms with Crippen molar-refractivity contribution in [3.8, 4) is 23.4 Å². The fraction of sp³-hybridized carbons (Fsp3) is 0.182. The van der Waals surface area contributed by atoms with Gasteiger partial charge in [0.1, 0.15) is 18.2 Å². The highest BCUT2D eigenvalue weighted by molar-refractivity contribution is 6.30. The molecule has 30 heavy (non-hydrogen) atoms. The topological polar surface area (TPSA) is 106 Å². The van der Waals surface area contributed by atoms with Crippen LogP contribution in [0.5, 0.6) is 17.4 Å². The molecule has 3 N–H and O–H groups in total. The van der Waals surface area contributed by atoms with Crippen LogP contribution < -0.4 is 19.9 Å². The number of nitrogens with two attached hydrogens (primary N) is 1. The summed E-state index contributed by atoms with van der Waals surface area (Å²) in [4.78, 5) is 0. The van der Waals surface area contributed by atoms with Gasteiger partial charge in [0.2, 0.25) is 11.8 Å². The van der Waals surface area contributed by atoms with E-state index in [2.05, 4.69) is 16.3 Å². The van der Waals surface area contributed by atoms with Crippen molar-refractivity contribution in [1.82, 2.24) is 10.2 Å². The average Bonchev–Trinajstić information content (AvgIpc) is 3.12. The van der Waals surface area contributed by atoms with Crippen molar-refractivity contribution < 1.29 is 14.2 Å². The standard InChI is InChI=1S/C22H19ClN4O3/c1-12-19-20(16(10-24)21(25)30-22(19)27-26-12)14-5-8-17(28-2)18(9-14)29-11-13-3-6-15(23)7-4-13/h3-9,20H,11,25H2,1-2H3,(H,26,27). The van der Waals surface area contributed by atoms with Gasteiger partial charge in [-0.25, -0.2) is 0 Å². The van der Waals surface area contributed by atoms with Gasteiger partial charge in [0.25, 0.3) is 0 Å². The van der Waals surface area contributed by atoms with Crippen LogP contribution in [0, 0.1) is 18.3 Å². The molecular formula is C22H19ClN4O3. The first-order valence-electron chi connectivity index (χ1n) is 9.19. The van der Waals surface area contributed by atoms with Gasteiger partial charge in [0.15, 0.2) is 11.5 Å². The molecule has 1 unspecified atom stereocenters. The SMILES string of the molecule is COc1ccc(C2C(C#N)=C(N)Oc3n[nH]c(C)c32)cc1OCc1ccc(Cl)cc1. The third kappa shape index (κ3) is 3.53. The molecular weight excluding hydrogens is 404 g/mol. The van der Waals surface area contributed by atoms with E-state index in [4.69, 9.17) is 31.5 Å². The molecule has 0 aliphatic carbocycles. The normalized spacial score (nSPS) is 15.2. The summed E-state index contributed by atoms with van der Waals surface area (Å²) in [6, 6.07) is 15.1. The number of nitrogens with one attached hydrogen (secondary N) is 1. The summed E-state index contributed by atoms with van der Waals surface area (Å²) in [5.41, 5.74) is 9.67. The summed E-state index contributed by atoms with van der Waals surface area (Å²) in [7, 11) is 1.58. The van der Waals surface area contributed by atoms with E-state index in [-0.39, 0.29) is 5.88 Å². The number of benzene rings is 2. The van der Waals surface area contributed by atoms with Gasteiger partial charge in [-0.15, -0.1) is 5.10 Å². The third-order valence-corrected chi connectivity index (χ3v) is 5.21. The number of aromatic amines is 1. The number of nitriles is 1. The number of H-pyrrole nitrogens is 1. The third-order valence-electron chi connectivity index (χ3n) is 4.96. The van der Waals surface area contributed by atoms with Crippen molar-refractivity contribution in [2.24, 2.45) is 5.73 Å². The second-order valence-corrected chi connectivity index (χ2v) is 7.25. The van der Waals surface area contributed by atoms with Crippen molar-refractivity contribution in [3.63, 3.8) is 0 Å². The predicted molar refractivity (Wildman–Crippen MR) is 111 cm³/mol. The molecule has 0 spiro atoms. The molecule has 1 aliphatic rings. The fourth-order valence-electron chi connectivity index (χ4n) is 3.46. The molecule has 0 bridgehead atoms. The number of hydrogen-bond acceptors (Lipinski definition) is 6. The number of aryl methyl sites for hydroxylation is 1. The summed E-state index contributed by atoms with van der Waals surface area (Å²) in [5, 5.41) is 17.4. The van der Waals surface area contributed by atoms with E-state index >= 15 is 0 Å². The number of allylic oxidation sites excluding steroid dienone is 1. The highest BCUT2D eigenvalue weighted by Crippen LogP contribution is 2.44. The minimum Gasteiger partial charge on any atom is -0.493 e. The molecule has 2 aromatic carbocycles. The van der Waals surface area contributed by atoms with Gasteiger partial charge in [0.05, 0.1) is 13.0 Å². The van der Waals surface area contributed by atoms with E-state index in [0.29, 0.717) is 34.6 Å². The number of halogens is 1.